The molecule has 0 aliphatic carbocycles. The van der Waals surface area contributed by atoms with Crippen LogP contribution in [0.15, 0.2) is 12.7 Å². The van der Waals surface area contributed by atoms with Crippen LogP contribution in [-0.4, -0.2) is 25.7 Å². The van der Waals surface area contributed by atoms with Crippen molar-refractivity contribution in [3.8, 4) is 0 Å². The van der Waals surface area contributed by atoms with Gasteiger partial charge in [0.2, 0.25) is 0 Å². The van der Waals surface area contributed by atoms with E-state index in [4.69, 9.17) is 5.73 Å². The van der Waals surface area contributed by atoms with Gasteiger partial charge in [-0.05, 0) is 13.8 Å². The van der Waals surface area contributed by atoms with E-state index in [1.807, 2.05) is 0 Å². The maximum Gasteiger partial charge on any atom is 0.345 e. The van der Waals surface area contributed by atoms with Crippen molar-refractivity contribution in [2.45, 2.75) is 18.6 Å². The lowest BCUT2D eigenvalue weighted by Gasteiger charge is -2.20. The SMILES string of the molecule is C=CC(=O)OS(=O)(=O)C(C)(C)CN.N. The third-order valence-electron chi connectivity index (χ3n) is 1.53. The summed E-state index contributed by atoms with van der Waals surface area (Å²) >= 11 is 0. The summed E-state index contributed by atoms with van der Waals surface area (Å²) in [6.45, 7) is 5.70. The summed E-state index contributed by atoms with van der Waals surface area (Å²) in [6.07, 6.45) is 0.782. The molecule has 0 amide bonds. The fourth-order valence-electron chi connectivity index (χ4n) is 0.357. The fraction of sp³-hybridized carbons (Fsp3) is 0.571. The predicted octanol–water partition coefficient (Wildman–Crippen LogP) is -0.0553. The van der Waals surface area contributed by atoms with Gasteiger partial charge in [-0.2, -0.15) is 8.42 Å². The van der Waals surface area contributed by atoms with Gasteiger partial charge in [0.05, 0.1) is 0 Å². The summed E-state index contributed by atoms with van der Waals surface area (Å²) in [5.74, 6) is -0.999. The zero-order valence-corrected chi connectivity index (χ0v) is 9.13. The van der Waals surface area contributed by atoms with Crippen molar-refractivity contribution in [1.29, 1.82) is 0 Å². The molecular weight excluding hydrogens is 208 g/mol. The molecule has 5 N–H and O–H groups in total. The van der Waals surface area contributed by atoms with E-state index in [0.29, 0.717) is 0 Å². The molecule has 0 rings (SSSR count). The molecule has 0 radical (unpaired) electrons. The van der Waals surface area contributed by atoms with Crippen LogP contribution >= 0.6 is 0 Å². The van der Waals surface area contributed by atoms with Crippen LogP contribution in [0.25, 0.3) is 0 Å². The van der Waals surface area contributed by atoms with Crippen LogP contribution in [0.5, 0.6) is 0 Å². The summed E-state index contributed by atoms with van der Waals surface area (Å²) in [5.41, 5.74) is 5.21. The molecule has 0 aromatic carbocycles. The second-order valence-corrected chi connectivity index (χ2v) is 5.20. The summed E-state index contributed by atoms with van der Waals surface area (Å²) in [4.78, 5) is 10.6. The van der Waals surface area contributed by atoms with Gasteiger partial charge in [0.15, 0.2) is 0 Å². The Hall–Kier alpha value is -0.920. The molecule has 84 valence electrons. The number of hydrogen-bond donors (Lipinski definition) is 2. The van der Waals surface area contributed by atoms with Crippen LogP contribution < -0.4 is 11.9 Å². The zero-order chi connectivity index (χ0) is 10.7. The van der Waals surface area contributed by atoms with Gasteiger partial charge in [-0.3, -0.25) is 0 Å². The first-order chi connectivity index (χ1) is 5.77. The molecule has 0 bridgehead atoms. The zero-order valence-electron chi connectivity index (χ0n) is 8.32. The first kappa shape index (κ1) is 15.5. The number of nitrogens with two attached hydrogens (primary N) is 1. The molecule has 0 aromatic rings. The molecule has 7 heteroatoms. The maximum atomic E-state index is 11.3. The lowest BCUT2D eigenvalue weighted by atomic mass is 10.2. The minimum absolute atomic E-state index is 0. The number of carbonyl (C=O) groups excluding carboxylic acids is 1. The maximum absolute atomic E-state index is 11.3. The first-order valence-electron chi connectivity index (χ1n) is 3.57. The van der Waals surface area contributed by atoms with Gasteiger partial charge in [-0.1, -0.05) is 6.58 Å². The minimum Gasteiger partial charge on any atom is -0.344 e. The Morgan fingerprint density at radius 3 is 2.29 bits per heavy atom. The van der Waals surface area contributed by atoms with E-state index in [1.54, 1.807) is 0 Å². The van der Waals surface area contributed by atoms with E-state index in [9.17, 15) is 13.2 Å². The Balaban J connectivity index is 0. The standard InChI is InChI=1S/C7H13NO4S.H3N/c1-4-6(9)12-13(10,11)7(2,3)5-8;/h4H,1,5,8H2,2-3H3;1H3. The third-order valence-corrected chi connectivity index (χ3v) is 3.43. The van der Waals surface area contributed by atoms with Crippen molar-refractivity contribution in [1.82, 2.24) is 6.15 Å². The molecule has 0 spiro atoms. The lowest BCUT2D eigenvalue weighted by molar-refractivity contribution is -0.128. The molecule has 0 heterocycles. The van der Waals surface area contributed by atoms with E-state index >= 15 is 0 Å². The van der Waals surface area contributed by atoms with Gasteiger partial charge in [0.1, 0.15) is 4.75 Å². The highest BCUT2D eigenvalue weighted by Gasteiger charge is 2.36. The number of carbonyl (C=O) groups is 1. The highest BCUT2D eigenvalue weighted by Crippen LogP contribution is 2.16. The van der Waals surface area contributed by atoms with Gasteiger partial charge >= 0.3 is 16.1 Å². The topological polar surface area (TPSA) is 121 Å². The molecule has 0 aromatic heterocycles. The molecule has 0 atom stereocenters. The smallest absolute Gasteiger partial charge is 0.344 e. The Kier molecular flexibility index (Phi) is 5.65. The Labute approximate surface area is 83.8 Å². The average Bonchev–Trinajstić information content (AvgIpc) is 2.03. The highest BCUT2D eigenvalue weighted by molar-refractivity contribution is 7.88. The Morgan fingerprint density at radius 1 is 1.57 bits per heavy atom. The number of rotatable bonds is 4. The van der Waals surface area contributed by atoms with Crippen molar-refractivity contribution in [2.75, 3.05) is 6.54 Å². The Bertz CT molecular complexity index is 308. The van der Waals surface area contributed by atoms with Gasteiger partial charge in [-0.25, -0.2) is 4.79 Å². The van der Waals surface area contributed by atoms with Crippen molar-refractivity contribution < 1.29 is 17.4 Å². The van der Waals surface area contributed by atoms with E-state index in [1.165, 1.54) is 13.8 Å². The second kappa shape index (κ2) is 5.08. The molecular formula is C7H16N2O4S. The summed E-state index contributed by atoms with van der Waals surface area (Å²) < 4.78 is 25.5. The lowest BCUT2D eigenvalue weighted by Crippen LogP contribution is -2.41. The van der Waals surface area contributed by atoms with Crippen LogP contribution in [-0.2, 0) is 19.1 Å². The highest BCUT2D eigenvalue weighted by atomic mass is 32.2. The normalized spacial score (nSPS) is 11.4. The van der Waals surface area contributed by atoms with Crippen LogP contribution in [0, 0.1) is 0 Å². The minimum atomic E-state index is -3.97. The molecule has 0 fully saturated rings. The number of hydrogen-bond acceptors (Lipinski definition) is 6. The van der Waals surface area contributed by atoms with Gasteiger partial charge in [0.25, 0.3) is 0 Å². The van der Waals surface area contributed by atoms with Crippen LogP contribution in [0.2, 0.25) is 0 Å². The van der Waals surface area contributed by atoms with Crippen LogP contribution in [0.4, 0.5) is 0 Å². The monoisotopic (exact) mass is 224 g/mol. The van der Waals surface area contributed by atoms with Crippen molar-refractivity contribution in [3.05, 3.63) is 12.7 Å². The van der Waals surface area contributed by atoms with E-state index in [2.05, 4.69) is 10.8 Å². The summed E-state index contributed by atoms with van der Waals surface area (Å²) in [6, 6.07) is 0. The molecule has 0 unspecified atom stereocenters. The third kappa shape index (κ3) is 3.44. The summed E-state index contributed by atoms with van der Waals surface area (Å²) in [5, 5.41) is 0. The van der Waals surface area contributed by atoms with E-state index in [0.717, 1.165) is 6.08 Å². The van der Waals surface area contributed by atoms with Gasteiger partial charge < -0.3 is 16.1 Å². The van der Waals surface area contributed by atoms with Gasteiger partial charge in [0, 0.05) is 12.6 Å². The molecule has 0 aliphatic rings. The van der Waals surface area contributed by atoms with Crippen molar-refractivity contribution in [2.24, 2.45) is 5.73 Å². The van der Waals surface area contributed by atoms with Crippen LogP contribution in [0.3, 0.4) is 0 Å². The molecule has 6 nitrogen and oxygen atoms in total. The predicted molar refractivity (Wildman–Crippen MR) is 53.4 cm³/mol. The van der Waals surface area contributed by atoms with Crippen LogP contribution in [0.1, 0.15) is 13.8 Å². The summed E-state index contributed by atoms with van der Waals surface area (Å²) in [7, 11) is -3.97. The van der Waals surface area contributed by atoms with Crippen molar-refractivity contribution in [3.63, 3.8) is 0 Å². The van der Waals surface area contributed by atoms with Crippen molar-refractivity contribution >= 4 is 16.1 Å². The molecule has 0 saturated heterocycles. The fourth-order valence-corrected chi connectivity index (χ4v) is 1.07. The Morgan fingerprint density at radius 2 is 2.00 bits per heavy atom. The second-order valence-electron chi connectivity index (χ2n) is 3.02. The van der Waals surface area contributed by atoms with E-state index < -0.39 is 20.8 Å². The molecule has 0 saturated carbocycles. The first-order valence-corrected chi connectivity index (χ1v) is 4.98. The quantitative estimate of drug-likeness (QED) is 0.509. The molecule has 0 aliphatic heterocycles. The largest absolute Gasteiger partial charge is 0.345 e. The average molecular weight is 224 g/mol. The molecule has 14 heavy (non-hydrogen) atoms. The van der Waals surface area contributed by atoms with E-state index in [-0.39, 0.29) is 12.7 Å². The van der Waals surface area contributed by atoms with Gasteiger partial charge in [-0.15, -0.1) is 0 Å².